The van der Waals surface area contributed by atoms with Crippen LogP contribution in [0.25, 0.3) is 5.95 Å². The third kappa shape index (κ3) is 5.57. The number of anilines is 1. The molecule has 2 saturated heterocycles. The number of carbonyl (C=O) groups excluding carboxylic acids is 2. The largest absolute Gasteiger partial charge is 0.390 e. The smallest absolute Gasteiger partial charge is 0.272 e. The normalized spacial score (nSPS) is 22.1. The number of aliphatic hydroxyl groups excluding tert-OH is 1. The summed E-state index contributed by atoms with van der Waals surface area (Å²) >= 11 is 0. The Morgan fingerprint density at radius 2 is 1.75 bits per heavy atom. The monoisotopic (exact) mass is 544 g/mol. The molecule has 5 heterocycles. The number of piperidine rings is 2. The number of carbonyl (C=O) groups is 2. The molecule has 2 fully saturated rings. The van der Waals surface area contributed by atoms with Gasteiger partial charge in [-0.2, -0.15) is 10.1 Å². The lowest BCUT2D eigenvalue weighted by molar-refractivity contribution is -0.129. The number of hydrogen-bond acceptors (Lipinski definition) is 8. The summed E-state index contributed by atoms with van der Waals surface area (Å²) in [5.41, 5.74) is 2.96. The number of benzene rings is 1. The molecule has 0 saturated carbocycles. The fraction of sp³-hybridized carbons (Fsp3) is 0.483. The second-order valence-electron chi connectivity index (χ2n) is 11.0. The highest BCUT2D eigenvalue weighted by atomic mass is 16.3. The molecule has 0 spiro atoms. The number of fused-ring (bicyclic) bond motifs is 1. The molecule has 0 bridgehead atoms. The van der Waals surface area contributed by atoms with Gasteiger partial charge in [0.15, 0.2) is 0 Å². The summed E-state index contributed by atoms with van der Waals surface area (Å²) in [6.07, 6.45) is 6.01. The lowest BCUT2D eigenvalue weighted by atomic mass is 9.94. The Kier molecular flexibility index (Phi) is 7.48. The number of hydrogen-bond donors (Lipinski definition) is 2. The van der Waals surface area contributed by atoms with Crippen molar-refractivity contribution in [3.05, 3.63) is 65.6 Å². The predicted octanol–water partition coefficient (Wildman–Crippen LogP) is 1.72. The number of β-amino-alcohol motifs (C(OH)–C–C–N with tert-alkyl or cyclic N) is 1. The van der Waals surface area contributed by atoms with Gasteiger partial charge in [-0.25, -0.2) is 9.67 Å². The van der Waals surface area contributed by atoms with Crippen LogP contribution in [0.3, 0.4) is 0 Å². The molecule has 3 aliphatic rings. The Balaban J connectivity index is 1.15. The molecule has 0 aliphatic carbocycles. The van der Waals surface area contributed by atoms with Crippen molar-refractivity contribution in [3.8, 4) is 5.95 Å². The van der Waals surface area contributed by atoms with Crippen molar-refractivity contribution in [2.75, 3.05) is 38.0 Å². The van der Waals surface area contributed by atoms with Crippen LogP contribution in [0.1, 0.15) is 47.8 Å². The van der Waals surface area contributed by atoms with Crippen LogP contribution in [0, 0.1) is 0 Å². The molecule has 2 amide bonds. The minimum atomic E-state index is -0.639. The van der Waals surface area contributed by atoms with Gasteiger partial charge in [0, 0.05) is 76.7 Å². The zero-order valence-corrected chi connectivity index (χ0v) is 22.8. The number of likely N-dealkylation sites (tertiary alicyclic amines) is 2. The first-order chi connectivity index (χ1) is 19.4. The molecule has 3 aromatic rings. The number of aliphatic hydroxyl groups is 1. The topological polar surface area (TPSA) is 120 Å². The molecule has 2 atom stereocenters. The van der Waals surface area contributed by atoms with E-state index in [0.717, 1.165) is 32.4 Å². The van der Waals surface area contributed by atoms with E-state index in [1.807, 2.05) is 4.90 Å². The fourth-order valence-corrected chi connectivity index (χ4v) is 6.15. The Hall–Kier alpha value is -3.83. The molecule has 2 aromatic heterocycles. The summed E-state index contributed by atoms with van der Waals surface area (Å²) in [5, 5.41) is 18.9. The van der Waals surface area contributed by atoms with Crippen LogP contribution < -0.4 is 5.32 Å². The van der Waals surface area contributed by atoms with Crippen molar-refractivity contribution in [2.24, 2.45) is 0 Å². The van der Waals surface area contributed by atoms with E-state index >= 15 is 0 Å². The first-order valence-electron chi connectivity index (χ1n) is 14.1. The van der Waals surface area contributed by atoms with E-state index < -0.39 is 6.10 Å². The summed E-state index contributed by atoms with van der Waals surface area (Å²) in [6, 6.07) is 12.1. The zero-order valence-electron chi connectivity index (χ0n) is 22.8. The number of rotatable bonds is 5. The average Bonchev–Trinajstić information content (AvgIpc) is 3.52. The summed E-state index contributed by atoms with van der Waals surface area (Å²) in [5.74, 6) is 0.714. The number of amides is 2. The second-order valence-corrected chi connectivity index (χ2v) is 11.0. The van der Waals surface area contributed by atoms with E-state index in [1.165, 1.54) is 15.8 Å². The lowest BCUT2D eigenvalue weighted by Gasteiger charge is -2.43. The summed E-state index contributed by atoms with van der Waals surface area (Å²) in [7, 11) is 0. The maximum atomic E-state index is 13.7. The molecule has 40 heavy (non-hydrogen) atoms. The van der Waals surface area contributed by atoms with Crippen molar-refractivity contribution in [1.82, 2.24) is 34.4 Å². The average molecular weight is 545 g/mol. The van der Waals surface area contributed by atoms with Gasteiger partial charge in [-0.05, 0) is 42.9 Å². The highest BCUT2D eigenvalue weighted by Gasteiger charge is 2.36. The Morgan fingerprint density at radius 1 is 0.975 bits per heavy atom. The lowest BCUT2D eigenvalue weighted by Crippen LogP contribution is -2.56. The van der Waals surface area contributed by atoms with Crippen molar-refractivity contribution < 1.29 is 14.7 Å². The minimum absolute atomic E-state index is 0.0144. The molecule has 11 nitrogen and oxygen atoms in total. The Labute approximate surface area is 233 Å². The molecule has 210 valence electrons. The second kappa shape index (κ2) is 11.3. The maximum Gasteiger partial charge on any atom is 0.272 e. The highest BCUT2D eigenvalue weighted by molar-refractivity contribution is 5.93. The van der Waals surface area contributed by atoms with E-state index in [1.54, 1.807) is 36.4 Å². The summed E-state index contributed by atoms with van der Waals surface area (Å²) < 4.78 is 1.54. The molecule has 6 rings (SSSR count). The molecule has 11 heteroatoms. The molecular formula is C29H36N8O3. The summed E-state index contributed by atoms with van der Waals surface area (Å²) in [6.45, 7) is 5.51. The van der Waals surface area contributed by atoms with Gasteiger partial charge in [0.05, 0.1) is 6.10 Å². The molecular weight excluding hydrogens is 508 g/mol. The van der Waals surface area contributed by atoms with Crippen LogP contribution in [-0.2, 0) is 17.8 Å². The van der Waals surface area contributed by atoms with Crippen molar-refractivity contribution >= 4 is 17.6 Å². The van der Waals surface area contributed by atoms with Crippen LogP contribution in [-0.4, -0.2) is 102 Å². The first kappa shape index (κ1) is 26.4. The SMILES string of the molecule is CC(=O)N1CCC(Nc2cc(C(=O)N3CC[C@H](N4CCc5ccccc5C4)[C@@H](O)C3)nc(-n3cccn3)n2)CC1. The van der Waals surface area contributed by atoms with Gasteiger partial charge in [-0.1, -0.05) is 24.3 Å². The van der Waals surface area contributed by atoms with E-state index in [0.29, 0.717) is 37.8 Å². The molecule has 3 aliphatic heterocycles. The van der Waals surface area contributed by atoms with E-state index in [9.17, 15) is 14.7 Å². The Bertz CT molecular complexity index is 1360. The molecule has 2 N–H and O–H groups in total. The van der Waals surface area contributed by atoms with Crippen LogP contribution in [0.4, 0.5) is 5.82 Å². The van der Waals surface area contributed by atoms with E-state index in [-0.39, 0.29) is 36.1 Å². The zero-order chi connectivity index (χ0) is 27.6. The van der Waals surface area contributed by atoms with Gasteiger partial charge in [-0.15, -0.1) is 0 Å². The van der Waals surface area contributed by atoms with Gasteiger partial charge < -0.3 is 20.2 Å². The highest BCUT2D eigenvalue weighted by Crippen LogP contribution is 2.26. The van der Waals surface area contributed by atoms with Gasteiger partial charge in [0.1, 0.15) is 11.5 Å². The van der Waals surface area contributed by atoms with E-state index in [4.69, 9.17) is 0 Å². The third-order valence-corrected chi connectivity index (χ3v) is 8.40. The van der Waals surface area contributed by atoms with Gasteiger partial charge in [0.25, 0.3) is 11.9 Å². The third-order valence-electron chi connectivity index (χ3n) is 8.40. The summed E-state index contributed by atoms with van der Waals surface area (Å²) in [4.78, 5) is 40.5. The van der Waals surface area contributed by atoms with Crippen LogP contribution in [0.15, 0.2) is 48.8 Å². The maximum absolute atomic E-state index is 13.7. The number of nitrogens with zero attached hydrogens (tertiary/aromatic N) is 7. The van der Waals surface area contributed by atoms with Crippen molar-refractivity contribution in [1.29, 1.82) is 0 Å². The predicted molar refractivity (Wildman–Crippen MR) is 149 cm³/mol. The minimum Gasteiger partial charge on any atom is -0.390 e. The van der Waals surface area contributed by atoms with Crippen LogP contribution in [0.5, 0.6) is 0 Å². The van der Waals surface area contributed by atoms with E-state index in [2.05, 4.69) is 49.5 Å². The van der Waals surface area contributed by atoms with Gasteiger partial charge in [-0.3, -0.25) is 14.5 Å². The van der Waals surface area contributed by atoms with Gasteiger partial charge >= 0.3 is 0 Å². The quantitative estimate of drug-likeness (QED) is 0.498. The number of aromatic nitrogens is 4. The number of nitrogens with one attached hydrogen (secondary N) is 1. The van der Waals surface area contributed by atoms with Gasteiger partial charge in [0.2, 0.25) is 5.91 Å². The standard InChI is InChI=1S/C29H36N8O3/c1-20(38)34-14-8-23(9-15-34)31-27-17-24(32-29(33-27)37-12-4-11-30-37)28(40)36-16-10-25(26(39)19-36)35-13-7-21-5-2-3-6-22(21)18-35/h2-6,11-12,17,23,25-26,39H,7-10,13-16,18-19H2,1H3,(H,31,32,33)/t25-,26-/m0/s1. The molecule has 1 aromatic carbocycles. The molecule has 0 radical (unpaired) electrons. The van der Waals surface area contributed by atoms with Crippen molar-refractivity contribution in [2.45, 2.75) is 57.3 Å². The first-order valence-corrected chi connectivity index (χ1v) is 14.1. The fourth-order valence-electron chi connectivity index (χ4n) is 6.15. The van der Waals surface area contributed by atoms with Crippen molar-refractivity contribution in [3.63, 3.8) is 0 Å². The van der Waals surface area contributed by atoms with Crippen LogP contribution in [0.2, 0.25) is 0 Å². The van der Waals surface area contributed by atoms with Crippen LogP contribution >= 0.6 is 0 Å². The molecule has 0 unspecified atom stereocenters. The Morgan fingerprint density at radius 3 is 2.48 bits per heavy atom.